The molecule has 5 rings (SSSR count). The molecule has 10 atom stereocenters. The summed E-state index contributed by atoms with van der Waals surface area (Å²) in [5, 5.41) is 28.9. The molecule has 0 bridgehead atoms. The Labute approximate surface area is 238 Å². The average Bonchev–Trinajstić information content (AvgIpc) is 3.25. The Balaban J connectivity index is 1.47. The number of rotatable bonds is 5. The summed E-state index contributed by atoms with van der Waals surface area (Å²) < 4.78 is 25.5. The largest absolute Gasteiger partial charge is 0.454 e. The van der Waals surface area contributed by atoms with Crippen molar-refractivity contribution in [3.63, 3.8) is 0 Å². The Kier molecular flexibility index (Phi) is 7.72. The van der Waals surface area contributed by atoms with Crippen LogP contribution in [0.2, 0.25) is 5.02 Å². The van der Waals surface area contributed by atoms with Crippen molar-refractivity contribution >= 4 is 29.2 Å². The highest BCUT2D eigenvalue weighted by Crippen LogP contribution is 2.53. The predicted molar refractivity (Wildman–Crippen MR) is 145 cm³/mol. The lowest BCUT2D eigenvalue weighted by Gasteiger charge is -2.55. The van der Waals surface area contributed by atoms with Gasteiger partial charge in [0.05, 0.1) is 17.4 Å². The van der Waals surface area contributed by atoms with Gasteiger partial charge in [0.2, 0.25) is 0 Å². The molecule has 0 aromatic heterocycles. The Bertz CT molecular complexity index is 1210. The van der Waals surface area contributed by atoms with Crippen LogP contribution in [0.25, 0.3) is 0 Å². The molecule has 11 heteroatoms. The number of carbonyl (C=O) groups excluding carboxylic acids is 2. The maximum absolute atomic E-state index is 13.8. The van der Waals surface area contributed by atoms with Crippen LogP contribution in [0, 0.1) is 23.7 Å². The molecule has 1 saturated heterocycles. The van der Waals surface area contributed by atoms with Crippen LogP contribution >= 0.6 is 11.6 Å². The zero-order chi connectivity index (χ0) is 29.1. The topological polar surface area (TPSA) is 118 Å². The van der Waals surface area contributed by atoms with Crippen LogP contribution in [0.1, 0.15) is 52.5 Å². The number of ether oxygens (including phenoxy) is 2. The molecule has 3 N–H and O–H groups in total. The van der Waals surface area contributed by atoms with E-state index in [1.165, 1.54) is 12.0 Å². The Hall–Kier alpha value is -2.24. The highest BCUT2D eigenvalue weighted by Gasteiger charge is 2.62. The van der Waals surface area contributed by atoms with Gasteiger partial charge in [-0.2, -0.15) is 0 Å². The first-order chi connectivity index (χ1) is 18.8. The maximum atomic E-state index is 13.8. The zero-order valence-corrected chi connectivity index (χ0v) is 24.2. The molecule has 2 fully saturated rings. The summed E-state index contributed by atoms with van der Waals surface area (Å²) in [6.07, 6.45) is -0.107. The fourth-order valence-electron chi connectivity index (χ4n) is 7.27. The molecular formula is C29H38ClFN2O7. The van der Waals surface area contributed by atoms with Gasteiger partial charge in [-0.25, -0.2) is 0 Å². The van der Waals surface area contributed by atoms with Gasteiger partial charge in [0, 0.05) is 31.9 Å². The number of para-hydroxylation sites is 1. The second-order valence-corrected chi connectivity index (χ2v) is 12.4. The summed E-state index contributed by atoms with van der Waals surface area (Å²) in [7, 11) is 1.66. The Morgan fingerprint density at radius 1 is 1.30 bits per heavy atom. The van der Waals surface area contributed by atoms with Gasteiger partial charge in [-0.05, 0) is 49.2 Å². The molecule has 0 amide bonds. The van der Waals surface area contributed by atoms with Crippen molar-refractivity contribution in [1.82, 2.24) is 5.32 Å². The van der Waals surface area contributed by atoms with Crippen LogP contribution in [0.3, 0.4) is 0 Å². The van der Waals surface area contributed by atoms with Gasteiger partial charge in [0.25, 0.3) is 0 Å². The van der Waals surface area contributed by atoms with Crippen molar-refractivity contribution in [2.45, 2.75) is 82.6 Å². The number of hydrogen-bond donors (Lipinski definition) is 3. The van der Waals surface area contributed by atoms with E-state index in [0.717, 1.165) is 0 Å². The van der Waals surface area contributed by atoms with Crippen LogP contribution in [0.4, 0.5) is 10.1 Å². The fraction of sp³-hybridized carbons (Fsp3) is 0.655. The minimum atomic E-state index is -1.60. The molecule has 4 aliphatic rings. The number of carbonyl (C=O) groups is 2. The minimum absolute atomic E-state index is 0.0730. The summed E-state index contributed by atoms with van der Waals surface area (Å²) in [4.78, 5) is 31.7. The standard InChI is InChI=1S/C29H38ClFN2O7/c1-14-11-20-18(15(2)13-31)10-9-16(3)29(20,37)25(24(14)38-17(4)34)39-26(35)22-12-28(36)19-7-6-8-21(30)23(19)33(5)40-27(28)32-22/h6-8,11,15-16,18,20,22,24-25,27,32,36-37H,9-10,12-13H2,1-5H3/t15?,16-,18+,20-,22+,24-,25+,27-,28-,29-/m1/s1. The molecule has 2 aliphatic carbocycles. The number of esters is 2. The molecule has 40 heavy (non-hydrogen) atoms. The van der Waals surface area contributed by atoms with Gasteiger partial charge in [0.1, 0.15) is 17.2 Å². The van der Waals surface area contributed by atoms with Gasteiger partial charge in [-0.15, -0.1) is 0 Å². The molecule has 2 aliphatic heterocycles. The minimum Gasteiger partial charge on any atom is -0.454 e. The number of anilines is 1. The number of fused-ring (bicyclic) bond motifs is 4. The first-order valence-electron chi connectivity index (χ1n) is 13.8. The highest BCUT2D eigenvalue weighted by molar-refractivity contribution is 6.33. The molecule has 1 aromatic carbocycles. The van der Waals surface area contributed by atoms with Crippen LogP contribution in [0.5, 0.6) is 0 Å². The smallest absolute Gasteiger partial charge is 0.323 e. The van der Waals surface area contributed by atoms with Gasteiger partial charge in [0.15, 0.2) is 18.4 Å². The van der Waals surface area contributed by atoms with Crippen LogP contribution < -0.4 is 10.4 Å². The summed E-state index contributed by atoms with van der Waals surface area (Å²) >= 11 is 6.38. The van der Waals surface area contributed by atoms with Crippen molar-refractivity contribution < 1.29 is 38.5 Å². The van der Waals surface area contributed by atoms with Crippen molar-refractivity contribution in [2.24, 2.45) is 23.7 Å². The summed E-state index contributed by atoms with van der Waals surface area (Å²) in [6, 6.07) is 4.14. The SMILES string of the molecule is CC(=O)O[C@@H]1C(C)=C[C@@H]2[C@H](C(C)CF)CC[C@@H](C)[C@]2(O)[C@H]1OC(=O)[C@@H]1C[C@@]2(O)c3cccc(Cl)c3N(C)O[C@H]2N1. The lowest BCUT2D eigenvalue weighted by molar-refractivity contribution is -0.225. The lowest BCUT2D eigenvalue weighted by Crippen LogP contribution is -2.66. The molecule has 0 spiro atoms. The van der Waals surface area contributed by atoms with E-state index in [9.17, 15) is 24.2 Å². The first-order valence-corrected chi connectivity index (χ1v) is 14.2. The number of nitrogens with zero attached hydrogens (tertiary/aromatic N) is 1. The van der Waals surface area contributed by atoms with Gasteiger partial charge in [-0.3, -0.25) is 29.2 Å². The third kappa shape index (κ3) is 4.52. The second kappa shape index (κ2) is 10.5. The third-order valence-electron chi connectivity index (χ3n) is 9.47. The molecule has 1 unspecified atom stereocenters. The average molecular weight is 581 g/mol. The molecule has 1 saturated carbocycles. The van der Waals surface area contributed by atoms with Crippen LogP contribution in [-0.4, -0.2) is 66.0 Å². The number of alkyl halides is 1. The number of benzene rings is 1. The molecule has 2 heterocycles. The predicted octanol–water partition coefficient (Wildman–Crippen LogP) is 3.40. The van der Waals surface area contributed by atoms with E-state index < -0.39 is 60.2 Å². The van der Waals surface area contributed by atoms with Crippen molar-refractivity contribution in [2.75, 3.05) is 18.8 Å². The van der Waals surface area contributed by atoms with Crippen LogP contribution in [0.15, 0.2) is 29.8 Å². The molecular weight excluding hydrogens is 543 g/mol. The molecule has 0 radical (unpaired) electrons. The number of hydroxylamine groups is 1. The van der Waals surface area contributed by atoms with E-state index in [0.29, 0.717) is 34.7 Å². The first kappa shape index (κ1) is 29.3. The van der Waals surface area contributed by atoms with E-state index in [4.69, 9.17) is 25.9 Å². The number of halogens is 2. The van der Waals surface area contributed by atoms with E-state index in [1.807, 2.05) is 19.9 Å². The van der Waals surface area contributed by atoms with Gasteiger partial charge in [-0.1, -0.05) is 43.7 Å². The molecule has 9 nitrogen and oxygen atoms in total. The normalized spacial score (nSPS) is 39.4. The Morgan fingerprint density at radius 3 is 2.70 bits per heavy atom. The van der Waals surface area contributed by atoms with E-state index in [2.05, 4.69) is 5.32 Å². The van der Waals surface area contributed by atoms with E-state index >= 15 is 0 Å². The number of aliphatic hydroxyl groups is 2. The second-order valence-electron chi connectivity index (χ2n) is 12.0. The summed E-state index contributed by atoms with van der Waals surface area (Å²) in [5.74, 6) is -2.63. The quantitative estimate of drug-likeness (QED) is 0.356. The number of nitrogens with one attached hydrogen (secondary N) is 1. The number of hydrogen-bond acceptors (Lipinski definition) is 9. The lowest BCUT2D eigenvalue weighted by atomic mass is 9.56. The summed E-state index contributed by atoms with van der Waals surface area (Å²) in [5.41, 5.74) is -1.52. The van der Waals surface area contributed by atoms with Crippen molar-refractivity contribution in [3.8, 4) is 0 Å². The maximum Gasteiger partial charge on any atom is 0.323 e. The van der Waals surface area contributed by atoms with Gasteiger partial charge < -0.3 is 19.7 Å². The third-order valence-corrected chi connectivity index (χ3v) is 9.77. The van der Waals surface area contributed by atoms with Crippen molar-refractivity contribution in [1.29, 1.82) is 0 Å². The highest BCUT2D eigenvalue weighted by atomic mass is 35.5. The van der Waals surface area contributed by atoms with E-state index in [1.54, 1.807) is 32.2 Å². The molecule has 220 valence electrons. The molecule has 1 aromatic rings. The van der Waals surface area contributed by atoms with E-state index in [-0.39, 0.29) is 24.2 Å². The fourth-order valence-corrected chi connectivity index (χ4v) is 7.57. The summed E-state index contributed by atoms with van der Waals surface area (Å²) in [6.45, 7) is 6.17. The van der Waals surface area contributed by atoms with Crippen molar-refractivity contribution in [3.05, 3.63) is 40.4 Å². The Morgan fingerprint density at radius 2 is 2.02 bits per heavy atom. The monoisotopic (exact) mass is 580 g/mol. The van der Waals surface area contributed by atoms with Crippen LogP contribution in [-0.2, 0) is 29.5 Å². The van der Waals surface area contributed by atoms with Gasteiger partial charge >= 0.3 is 11.9 Å². The zero-order valence-electron chi connectivity index (χ0n) is 23.4.